The number of hydrogen-bond acceptors (Lipinski definition) is 2. The zero-order valence-electron chi connectivity index (χ0n) is 20.3. The van der Waals surface area contributed by atoms with Crippen molar-refractivity contribution in [2.45, 2.75) is 51.8 Å². The Kier molecular flexibility index (Phi) is 5.75. The van der Waals surface area contributed by atoms with Gasteiger partial charge in [0, 0.05) is 9.16 Å². The Morgan fingerprint density at radius 2 is 2.07 bits per heavy atom. The summed E-state index contributed by atoms with van der Waals surface area (Å²) in [6.45, 7) is 6.11. The van der Waals surface area contributed by atoms with Crippen molar-refractivity contribution in [3.8, 4) is 0 Å². The van der Waals surface area contributed by atoms with E-state index < -0.39 is 6.37 Å². The molecule has 2 atom stereocenters. The third-order valence-corrected chi connectivity index (χ3v) is 6.38. The van der Waals surface area contributed by atoms with Crippen molar-refractivity contribution in [3.05, 3.63) is 65.2 Å². The van der Waals surface area contributed by atoms with Crippen LogP contribution in [0.15, 0.2) is 42.5 Å². The topological polar surface area (TPSA) is 31.9 Å². The summed E-state index contributed by atoms with van der Waals surface area (Å²) in [6.07, 6.45) is 1.67. The Hall–Kier alpha value is -2.20. The van der Waals surface area contributed by atoms with Gasteiger partial charge < -0.3 is 9.88 Å². The van der Waals surface area contributed by atoms with Gasteiger partial charge in [-0.3, -0.25) is 0 Å². The molecule has 1 heterocycles. The summed E-state index contributed by atoms with van der Waals surface area (Å²) >= 11 is 0. The van der Waals surface area contributed by atoms with Gasteiger partial charge in [0.25, 0.3) is 0 Å². The molecule has 0 saturated carbocycles. The number of nitrogens with zero attached hydrogens (tertiary/aromatic N) is 2. The van der Waals surface area contributed by atoms with E-state index in [4.69, 9.17) is 2.74 Å². The van der Waals surface area contributed by atoms with Crippen molar-refractivity contribution < 1.29 is 7.13 Å². The number of H-pyrrole nitrogens is 1. The molecule has 4 heteroatoms. The van der Waals surface area contributed by atoms with E-state index >= 15 is 0 Å². The quantitative estimate of drug-likeness (QED) is 0.498. The maximum absolute atomic E-state index is 13.8. The van der Waals surface area contributed by atoms with Crippen LogP contribution in [0, 0.1) is 17.7 Å². The Morgan fingerprint density at radius 3 is 2.87 bits per heavy atom. The monoisotopic (exact) mass is 409 g/mol. The van der Waals surface area contributed by atoms with Gasteiger partial charge in [0.2, 0.25) is 0 Å². The maximum atomic E-state index is 13.8. The van der Waals surface area contributed by atoms with Crippen molar-refractivity contribution in [2.75, 3.05) is 20.1 Å². The predicted molar refractivity (Wildman–Crippen MR) is 122 cm³/mol. The van der Waals surface area contributed by atoms with Gasteiger partial charge in [-0.05, 0) is 98.9 Å². The molecular weight excluding hydrogens is 373 g/mol. The molecule has 0 spiro atoms. The van der Waals surface area contributed by atoms with E-state index in [0.29, 0.717) is 12.3 Å². The molecule has 1 aliphatic rings. The van der Waals surface area contributed by atoms with Crippen molar-refractivity contribution in [1.82, 2.24) is 14.9 Å². The standard InChI is InChI=1S/C26H34FN3/c1-18(2)26-19(10-11-20-17-21(27)12-13-22(20)26)14-16-30(3)15-6-9-25-28-23-7-4-5-8-24(23)29-25/h4-5,7-8,12-13,17-19,26H,6,9-11,14-16H2,1-3H3,(H,28,29)/t19?,26-/m1/s1/i10D2. The van der Waals surface area contributed by atoms with Crippen LogP contribution in [0.1, 0.15) is 58.7 Å². The summed E-state index contributed by atoms with van der Waals surface area (Å²) in [5.74, 6) is 1.09. The van der Waals surface area contributed by atoms with Crippen LogP contribution in [0.2, 0.25) is 0 Å². The van der Waals surface area contributed by atoms with Crippen LogP contribution < -0.4 is 0 Å². The van der Waals surface area contributed by atoms with E-state index in [2.05, 4.69) is 35.8 Å². The molecule has 30 heavy (non-hydrogen) atoms. The van der Waals surface area contributed by atoms with Gasteiger partial charge >= 0.3 is 0 Å². The minimum Gasteiger partial charge on any atom is -0.342 e. The minimum atomic E-state index is -1.33. The van der Waals surface area contributed by atoms with E-state index in [1.807, 2.05) is 30.3 Å². The number of imidazole rings is 1. The smallest absolute Gasteiger partial charge is 0.123 e. The van der Waals surface area contributed by atoms with Crippen molar-refractivity contribution in [2.24, 2.45) is 11.8 Å². The molecule has 1 aliphatic carbocycles. The lowest BCUT2D eigenvalue weighted by molar-refractivity contribution is 0.238. The highest BCUT2D eigenvalue weighted by molar-refractivity contribution is 5.74. The molecule has 0 fully saturated rings. The van der Waals surface area contributed by atoms with Crippen LogP contribution in [0.4, 0.5) is 4.39 Å². The molecule has 160 valence electrons. The van der Waals surface area contributed by atoms with Crippen molar-refractivity contribution in [3.63, 3.8) is 0 Å². The van der Waals surface area contributed by atoms with Crippen LogP contribution in [0.3, 0.4) is 0 Å². The van der Waals surface area contributed by atoms with Crippen LogP contribution in [-0.4, -0.2) is 35.0 Å². The summed E-state index contributed by atoms with van der Waals surface area (Å²) in [5, 5.41) is 0. The second kappa shape index (κ2) is 9.30. The van der Waals surface area contributed by atoms with E-state index in [9.17, 15) is 4.39 Å². The molecule has 3 nitrogen and oxygen atoms in total. The first kappa shape index (κ1) is 18.6. The van der Waals surface area contributed by atoms with E-state index in [1.54, 1.807) is 0 Å². The van der Waals surface area contributed by atoms with Crippen LogP contribution in [0.25, 0.3) is 11.0 Å². The molecule has 0 amide bonds. The fraction of sp³-hybridized carbons (Fsp3) is 0.500. The lowest BCUT2D eigenvalue weighted by Crippen LogP contribution is -2.29. The first-order valence-electron chi connectivity index (χ1n) is 12.1. The van der Waals surface area contributed by atoms with Gasteiger partial charge in [-0.25, -0.2) is 9.37 Å². The zero-order chi connectivity index (χ0) is 22.9. The molecule has 1 aromatic heterocycles. The Labute approximate surface area is 182 Å². The summed E-state index contributed by atoms with van der Waals surface area (Å²) < 4.78 is 31.3. The van der Waals surface area contributed by atoms with Crippen LogP contribution in [0.5, 0.6) is 0 Å². The van der Waals surface area contributed by atoms with Crippen LogP contribution in [-0.2, 0) is 12.8 Å². The average molecular weight is 410 g/mol. The van der Waals surface area contributed by atoms with Gasteiger partial charge in [0.05, 0.1) is 11.0 Å². The number of benzene rings is 2. The lowest BCUT2D eigenvalue weighted by atomic mass is 9.69. The number of aromatic amines is 1. The first-order chi connectivity index (χ1) is 15.2. The molecular formula is C26H34FN3. The number of hydrogen-bond donors (Lipinski definition) is 1. The van der Waals surface area contributed by atoms with Gasteiger partial charge in [-0.1, -0.05) is 32.0 Å². The molecule has 0 bridgehead atoms. The zero-order valence-corrected chi connectivity index (χ0v) is 18.3. The fourth-order valence-corrected chi connectivity index (χ4v) is 4.85. The third kappa shape index (κ3) is 4.75. The number of para-hydroxylation sites is 2. The lowest BCUT2D eigenvalue weighted by Gasteiger charge is -2.37. The van der Waals surface area contributed by atoms with E-state index in [0.717, 1.165) is 60.3 Å². The normalized spacial score (nSPS) is 21.7. The number of aromatic nitrogens is 2. The molecule has 0 aliphatic heterocycles. The molecule has 1 N–H and O–H groups in total. The Balaban J connectivity index is 1.36. The van der Waals surface area contributed by atoms with Gasteiger partial charge in [0.15, 0.2) is 0 Å². The molecule has 1 unspecified atom stereocenters. The minimum absolute atomic E-state index is 0.0710. The highest BCUT2D eigenvalue weighted by atomic mass is 19.1. The number of rotatable bonds is 8. The molecule has 0 saturated heterocycles. The number of halogens is 1. The summed E-state index contributed by atoms with van der Waals surface area (Å²) in [6, 6.07) is 13.0. The highest BCUT2D eigenvalue weighted by Crippen LogP contribution is 2.42. The summed E-state index contributed by atoms with van der Waals surface area (Å²) in [4.78, 5) is 10.3. The van der Waals surface area contributed by atoms with Crippen LogP contribution >= 0.6 is 0 Å². The maximum Gasteiger partial charge on any atom is 0.123 e. The fourth-order valence-electron chi connectivity index (χ4n) is 4.85. The third-order valence-electron chi connectivity index (χ3n) is 6.38. The second-order valence-electron chi connectivity index (χ2n) is 9.00. The largest absolute Gasteiger partial charge is 0.342 e. The summed E-state index contributed by atoms with van der Waals surface area (Å²) in [5.41, 5.74) is 4.06. The predicted octanol–water partition coefficient (Wildman–Crippen LogP) is 5.96. The molecule has 0 radical (unpaired) electrons. The van der Waals surface area contributed by atoms with Gasteiger partial charge in [-0.15, -0.1) is 0 Å². The molecule has 4 rings (SSSR count). The van der Waals surface area contributed by atoms with Gasteiger partial charge in [0.1, 0.15) is 11.6 Å². The highest BCUT2D eigenvalue weighted by Gasteiger charge is 2.31. The summed E-state index contributed by atoms with van der Waals surface area (Å²) in [7, 11) is 2.12. The Morgan fingerprint density at radius 1 is 1.23 bits per heavy atom. The molecule has 2 aromatic carbocycles. The van der Waals surface area contributed by atoms with E-state index in [1.165, 1.54) is 12.1 Å². The Bertz CT molecular complexity index is 1030. The van der Waals surface area contributed by atoms with Crippen molar-refractivity contribution >= 4 is 11.0 Å². The second-order valence-corrected chi connectivity index (χ2v) is 9.00. The van der Waals surface area contributed by atoms with Crippen molar-refractivity contribution in [1.29, 1.82) is 0 Å². The number of aryl methyl sites for hydroxylation is 2. The number of fused-ring (bicyclic) bond motifs is 2. The number of nitrogens with one attached hydrogen (secondary N) is 1. The average Bonchev–Trinajstić information content (AvgIpc) is 3.13. The van der Waals surface area contributed by atoms with Gasteiger partial charge in [-0.2, -0.15) is 0 Å². The first-order valence-corrected chi connectivity index (χ1v) is 11.1. The molecule has 3 aromatic rings. The SMILES string of the molecule is [2H]C1([2H])Cc2cc(F)ccc2[C@H](C(C)C)C1CCN(C)CCCc1nc2ccccc2[nH]1. The van der Waals surface area contributed by atoms with E-state index in [-0.39, 0.29) is 17.7 Å².